The highest BCUT2D eigenvalue weighted by molar-refractivity contribution is 7.22. The number of aromatic nitrogens is 2. The second-order valence-corrected chi connectivity index (χ2v) is 39.9. The molecule has 4 heterocycles. The van der Waals surface area contributed by atoms with Crippen LogP contribution in [-0.4, -0.2) is 25.3 Å². The summed E-state index contributed by atoms with van der Waals surface area (Å²) in [6.07, 6.45) is 4.78. The fourth-order valence-corrected chi connectivity index (χ4v) is 27.8. The van der Waals surface area contributed by atoms with Gasteiger partial charge >= 0.3 is 0 Å². The Morgan fingerprint density at radius 2 is 0.526 bits per heavy atom. The lowest BCUT2D eigenvalue weighted by molar-refractivity contribution is 1.13. The van der Waals surface area contributed by atoms with E-state index in [2.05, 4.69) is 459 Å². The predicted octanol–water partition coefficient (Wildman–Crippen LogP) is 25.7. The molecule has 0 saturated heterocycles. The second kappa shape index (κ2) is 27.8. The predicted molar refractivity (Wildman–Crippen MR) is 499 cm³/mol. The van der Waals surface area contributed by atoms with Crippen LogP contribution in [-0.2, 0) is 0 Å². The van der Waals surface area contributed by atoms with Gasteiger partial charge in [-0.25, -0.2) is 0 Å². The molecule has 0 aliphatic carbocycles. The van der Waals surface area contributed by atoms with Gasteiger partial charge in [0, 0.05) is 45.7 Å². The summed E-state index contributed by atoms with van der Waals surface area (Å²) in [5.41, 5.74) is 27.6. The maximum atomic E-state index is 2.54. The maximum absolute atomic E-state index is 2.70. The van der Waals surface area contributed by atoms with Crippen LogP contribution in [0.25, 0.3) is 176 Å². The molecule has 4 heteroatoms. The van der Waals surface area contributed by atoms with Gasteiger partial charge in [0.1, 0.15) is 8.07 Å². The van der Waals surface area contributed by atoms with E-state index < -0.39 is 16.1 Å². The monoisotopic (exact) mass is 1510 g/mol. The van der Waals surface area contributed by atoms with E-state index in [0.717, 1.165) is 0 Å². The highest BCUT2D eigenvalue weighted by Gasteiger charge is 2.49. The van der Waals surface area contributed by atoms with Crippen molar-refractivity contribution in [2.24, 2.45) is 0 Å². The summed E-state index contributed by atoms with van der Waals surface area (Å²) in [4.78, 5) is 0. The van der Waals surface area contributed by atoms with Crippen LogP contribution in [0.5, 0.6) is 0 Å². The molecule has 0 spiro atoms. The third-order valence-electron chi connectivity index (χ3n) is 25.1. The summed E-state index contributed by atoms with van der Waals surface area (Å²) in [6, 6.07) is 158. The molecular weight excluding hydrogens is 1430 g/mol. The molecular formula is C112H78N2Si2. The van der Waals surface area contributed by atoms with Gasteiger partial charge in [0.25, 0.3) is 0 Å². The van der Waals surface area contributed by atoms with Crippen LogP contribution in [0.4, 0.5) is 0 Å². The standard InChI is InChI=1S/C60H39NSi.C52H39NSi/c1-3-19-44(20-4-1)62(45-21-5-2-6-22-45)59-30-16-15-29-52(59)53-33-32-43(38-60(53)62)61-39-57(55-36-41-18-8-10-24-47(41)49-26-12-14-28-51(49)55)56-37-42(31-34-58(56)61)54-35-40-17-7-9-23-46(40)48-25-11-13-27-50(48)54;1-54(2)51-33-44(38-16-10-5-11-17-38)26-29-46(51)47-30-28-45(34-52(47)54)53-35-49(42-24-22-40(23-25-42)37-14-8-4-9-15-37)48-32-43(27-31-50(48)53)41-20-18-39(19-21-41)36-12-6-3-7-13-36/h1-39H;3-35H,1-2H3. The van der Waals surface area contributed by atoms with Crippen LogP contribution in [0, 0.1) is 0 Å². The van der Waals surface area contributed by atoms with E-state index in [0.29, 0.717) is 0 Å². The normalized spacial score (nSPS) is 12.9. The molecule has 21 aromatic rings. The minimum absolute atomic E-state index is 1.17. The van der Waals surface area contributed by atoms with Gasteiger partial charge in [-0.2, -0.15) is 0 Å². The Morgan fingerprint density at radius 1 is 0.181 bits per heavy atom. The molecule has 23 rings (SSSR count). The highest BCUT2D eigenvalue weighted by Crippen LogP contribution is 2.45. The molecule has 2 aliphatic rings. The Hall–Kier alpha value is -14.3. The Balaban J connectivity index is 0.000000142. The number of rotatable bonds is 11. The lowest BCUT2D eigenvalue weighted by Crippen LogP contribution is -2.72. The van der Waals surface area contributed by atoms with Gasteiger partial charge in [-0.15, -0.1) is 0 Å². The molecule has 0 atom stereocenters. The quantitative estimate of drug-likeness (QED) is 0.0902. The van der Waals surface area contributed by atoms with E-state index in [1.54, 1.807) is 0 Å². The minimum atomic E-state index is -2.70. The zero-order valence-electron chi connectivity index (χ0n) is 64.5. The zero-order valence-corrected chi connectivity index (χ0v) is 66.5. The third-order valence-corrected chi connectivity index (χ3v) is 33.5. The van der Waals surface area contributed by atoms with Crippen LogP contribution in [0.1, 0.15) is 0 Å². The molecule has 0 bridgehead atoms. The number of hydrogen-bond donors (Lipinski definition) is 0. The summed E-state index contributed by atoms with van der Waals surface area (Å²) in [6.45, 7) is 5.03. The zero-order chi connectivity index (χ0) is 77.0. The molecule has 544 valence electrons. The van der Waals surface area contributed by atoms with Gasteiger partial charge in [0.2, 0.25) is 0 Å². The van der Waals surface area contributed by atoms with Crippen LogP contribution >= 0.6 is 0 Å². The molecule has 19 aromatic carbocycles. The Kier molecular flexibility index (Phi) is 16.4. The molecule has 0 amide bonds. The molecule has 116 heavy (non-hydrogen) atoms. The van der Waals surface area contributed by atoms with Crippen molar-refractivity contribution in [3.8, 4) is 112 Å². The lowest BCUT2D eigenvalue weighted by Gasteiger charge is -2.31. The maximum Gasteiger partial charge on any atom is 0.180 e. The van der Waals surface area contributed by atoms with E-state index in [1.807, 2.05) is 0 Å². The summed E-state index contributed by atoms with van der Waals surface area (Å²) >= 11 is 0. The summed E-state index contributed by atoms with van der Waals surface area (Å²) < 4.78 is 4.89. The first-order valence-corrected chi connectivity index (χ1v) is 45.4. The first-order valence-electron chi connectivity index (χ1n) is 40.4. The minimum Gasteiger partial charge on any atom is -0.316 e. The van der Waals surface area contributed by atoms with Gasteiger partial charge in [-0.1, -0.05) is 377 Å². The largest absolute Gasteiger partial charge is 0.316 e. The number of fused-ring (bicyclic) bond motifs is 14. The van der Waals surface area contributed by atoms with Gasteiger partial charge in [0.05, 0.1) is 11.0 Å². The van der Waals surface area contributed by atoms with Crippen molar-refractivity contribution in [3.05, 3.63) is 437 Å². The van der Waals surface area contributed by atoms with Gasteiger partial charge in [0.15, 0.2) is 8.07 Å². The van der Waals surface area contributed by atoms with Crippen LogP contribution in [0.15, 0.2) is 437 Å². The number of hydrogen-bond acceptors (Lipinski definition) is 0. The Morgan fingerprint density at radius 3 is 1.09 bits per heavy atom. The number of benzene rings is 19. The van der Waals surface area contributed by atoms with Crippen molar-refractivity contribution in [1.29, 1.82) is 0 Å². The van der Waals surface area contributed by atoms with E-state index in [9.17, 15) is 0 Å². The van der Waals surface area contributed by atoms with Gasteiger partial charge in [-0.05, 0) is 224 Å². The molecule has 2 aliphatic heterocycles. The fraction of sp³-hybridized carbons (Fsp3) is 0.0179. The van der Waals surface area contributed by atoms with Crippen LogP contribution in [0.2, 0.25) is 13.1 Å². The first-order chi connectivity index (χ1) is 57.3. The Bertz CT molecular complexity index is 7390. The van der Waals surface area contributed by atoms with Crippen molar-refractivity contribution in [2.75, 3.05) is 0 Å². The summed E-state index contributed by atoms with van der Waals surface area (Å²) in [5, 5.41) is 21.4. The average Bonchev–Trinajstić information content (AvgIpc) is 1.53. The van der Waals surface area contributed by atoms with Crippen LogP contribution < -0.4 is 31.1 Å². The summed E-state index contributed by atoms with van der Waals surface area (Å²) in [7, 11) is -4.67. The van der Waals surface area contributed by atoms with Crippen molar-refractivity contribution in [2.45, 2.75) is 13.1 Å². The molecule has 0 radical (unpaired) electrons. The van der Waals surface area contributed by atoms with Crippen molar-refractivity contribution < 1.29 is 0 Å². The van der Waals surface area contributed by atoms with Crippen molar-refractivity contribution >= 4 is 112 Å². The van der Waals surface area contributed by atoms with E-state index in [-0.39, 0.29) is 0 Å². The second-order valence-electron chi connectivity index (χ2n) is 31.8. The van der Waals surface area contributed by atoms with E-state index in [4.69, 9.17) is 0 Å². The van der Waals surface area contributed by atoms with E-state index in [1.165, 1.54) is 208 Å². The lowest BCUT2D eigenvalue weighted by atomic mass is 9.91. The number of nitrogens with zero attached hydrogens (tertiary/aromatic N) is 2. The average molecular weight is 1510 g/mol. The Labute approximate surface area is 678 Å². The topological polar surface area (TPSA) is 9.86 Å². The highest BCUT2D eigenvalue weighted by atomic mass is 28.3. The SMILES string of the molecule is C[Si]1(C)c2cc(-c3ccccc3)ccc2-c2ccc(-n3cc(-c4ccc(-c5ccccc5)cc4)c4cc(-c5ccc(-c6ccccc6)cc5)ccc43)cc21.c1ccc([Si]2(c3ccccc3)c3ccccc3-c3ccc(-n4cc(-c5cc6ccccc6c6ccccc56)c5cc(-c6cc7ccccc7c7ccccc67)ccc54)cc32)cc1. The van der Waals surface area contributed by atoms with Gasteiger partial charge < -0.3 is 9.13 Å². The summed E-state index contributed by atoms with van der Waals surface area (Å²) in [5.74, 6) is 0. The molecule has 0 fully saturated rings. The third kappa shape index (κ3) is 11.3. The van der Waals surface area contributed by atoms with Crippen molar-refractivity contribution in [3.63, 3.8) is 0 Å². The molecule has 0 unspecified atom stereocenters. The van der Waals surface area contributed by atoms with E-state index >= 15 is 0 Å². The molecule has 0 N–H and O–H groups in total. The fourth-order valence-electron chi connectivity index (χ4n) is 19.5. The molecule has 0 saturated carbocycles. The first kappa shape index (κ1) is 68.5. The molecule has 2 aromatic heterocycles. The smallest absolute Gasteiger partial charge is 0.180 e. The van der Waals surface area contributed by atoms with Crippen LogP contribution in [0.3, 0.4) is 0 Å². The van der Waals surface area contributed by atoms with Crippen molar-refractivity contribution in [1.82, 2.24) is 9.13 Å². The van der Waals surface area contributed by atoms with Gasteiger partial charge in [-0.3, -0.25) is 0 Å². The molecule has 2 nitrogen and oxygen atoms in total.